The first kappa shape index (κ1) is 8.67. The van der Waals surface area contributed by atoms with Crippen LogP contribution < -0.4 is 11.1 Å². The number of pyridine rings is 1. The number of aromatic nitrogens is 3. The molecule has 0 bridgehead atoms. The van der Waals surface area contributed by atoms with Gasteiger partial charge in [-0.2, -0.15) is 5.10 Å². The van der Waals surface area contributed by atoms with Gasteiger partial charge in [-0.3, -0.25) is 0 Å². The molecule has 1 atom stereocenters. The molecular weight excluding hydrogens is 190 g/mol. The lowest BCUT2D eigenvalue weighted by Crippen LogP contribution is -2.08. The van der Waals surface area contributed by atoms with Crippen molar-refractivity contribution in [1.82, 2.24) is 19.9 Å². The number of nitrogen functional groups attached to an aromatic ring is 1. The number of nitrogens with zero attached hydrogens (tertiary/aromatic N) is 3. The lowest BCUT2D eigenvalue weighted by atomic mass is 10.1. The third kappa shape index (κ3) is 1.45. The second-order valence-corrected chi connectivity index (χ2v) is 3.92. The van der Waals surface area contributed by atoms with Crippen LogP contribution in [0.15, 0.2) is 18.3 Å². The molecule has 0 aliphatic carbocycles. The summed E-state index contributed by atoms with van der Waals surface area (Å²) in [6.07, 6.45) is 2.97. The van der Waals surface area contributed by atoms with Crippen LogP contribution in [0.5, 0.6) is 0 Å². The first-order chi connectivity index (χ1) is 7.33. The predicted molar refractivity (Wildman–Crippen MR) is 57.6 cm³/mol. The molecule has 78 valence electrons. The molecule has 1 aliphatic heterocycles. The summed E-state index contributed by atoms with van der Waals surface area (Å²) in [6, 6.07) is 3.68. The van der Waals surface area contributed by atoms with Crippen LogP contribution in [0.1, 0.15) is 18.2 Å². The van der Waals surface area contributed by atoms with E-state index in [2.05, 4.69) is 15.4 Å². The van der Waals surface area contributed by atoms with Gasteiger partial charge in [-0.05, 0) is 19.0 Å². The quantitative estimate of drug-likeness (QED) is 0.703. The summed E-state index contributed by atoms with van der Waals surface area (Å²) in [5.74, 6) is 1.37. The summed E-state index contributed by atoms with van der Waals surface area (Å²) in [4.78, 5) is 4.49. The molecule has 5 nitrogen and oxygen atoms in total. The van der Waals surface area contributed by atoms with E-state index >= 15 is 0 Å². The van der Waals surface area contributed by atoms with E-state index in [1.165, 1.54) is 0 Å². The molecule has 5 heteroatoms. The number of rotatable bonds is 1. The van der Waals surface area contributed by atoms with Crippen LogP contribution in [0, 0.1) is 0 Å². The molecule has 2 aromatic rings. The Labute approximate surface area is 87.3 Å². The fourth-order valence-electron chi connectivity index (χ4n) is 1.96. The van der Waals surface area contributed by atoms with Crippen molar-refractivity contribution in [2.45, 2.75) is 12.3 Å². The molecule has 0 aromatic carbocycles. The molecule has 1 saturated heterocycles. The standard InChI is InChI=1S/C10H13N5/c11-8-2-4-15-9(5-8)13-10(14-15)7-1-3-12-6-7/h2,4-5,7,12H,1,3,6,11H2. The summed E-state index contributed by atoms with van der Waals surface area (Å²) in [7, 11) is 0. The van der Waals surface area contributed by atoms with Crippen LogP contribution in [-0.4, -0.2) is 27.7 Å². The number of hydrogen-bond acceptors (Lipinski definition) is 4. The molecule has 0 radical (unpaired) electrons. The fraction of sp³-hybridized carbons (Fsp3) is 0.400. The molecule has 1 fully saturated rings. The van der Waals surface area contributed by atoms with Crippen LogP contribution in [0.3, 0.4) is 0 Å². The van der Waals surface area contributed by atoms with E-state index in [1.54, 1.807) is 4.52 Å². The van der Waals surface area contributed by atoms with Crippen molar-refractivity contribution >= 4 is 11.3 Å². The zero-order chi connectivity index (χ0) is 10.3. The van der Waals surface area contributed by atoms with Crippen LogP contribution in [-0.2, 0) is 0 Å². The van der Waals surface area contributed by atoms with Crippen molar-refractivity contribution in [3.63, 3.8) is 0 Å². The van der Waals surface area contributed by atoms with Crippen LogP contribution in [0.25, 0.3) is 5.65 Å². The Morgan fingerprint density at radius 1 is 1.53 bits per heavy atom. The molecule has 1 aliphatic rings. The number of nitrogens with one attached hydrogen (secondary N) is 1. The number of hydrogen-bond donors (Lipinski definition) is 2. The molecule has 1 unspecified atom stereocenters. The highest BCUT2D eigenvalue weighted by atomic mass is 15.3. The second-order valence-electron chi connectivity index (χ2n) is 3.92. The third-order valence-corrected chi connectivity index (χ3v) is 2.80. The normalized spacial score (nSPS) is 21.2. The Kier molecular flexibility index (Phi) is 1.85. The van der Waals surface area contributed by atoms with Gasteiger partial charge in [-0.25, -0.2) is 9.50 Å². The van der Waals surface area contributed by atoms with Gasteiger partial charge in [-0.1, -0.05) is 0 Å². The topological polar surface area (TPSA) is 68.2 Å². The van der Waals surface area contributed by atoms with E-state index in [4.69, 9.17) is 5.73 Å². The highest BCUT2D eigenvalue weighted by molar-refractivity contribution is 5.50. The maximum atomic E-state index is 5.69. The maximum Gasteiger partial charge on any atom is 0.157 e. The Hall–Kier alpha value is -1.62. The molecule has 15 heavy (non-hydrogen) atoms. The SMILES string of the molecule is Nc1ccn2nc(C3CCNC3)nc2c1. The first-order valence-corrected chi connectivity index (χ1v) is 5.15. The summed E-state index contributed by atoms with van der Waals surface area (Å²) in [6.45, 7) is 2.04. The van der Waals surface area contributed by atoms with E-state index in [1.807, 2.05) is 18.3 Å². The lowest BCUT2D eigenvalue weighted by Gasteiger charge is -1.99. The van der Waals surface area contributed by atoms with Crippen LogP contribution >= 0.6 is 0 Å². The highest BCUT2D eigenvalue weighted by Crippen LogP contribution is 2.19. The van der Waals surface area contributed by atoms with Gasteiger partial charge in [0.1, 0.15) is 0 Å². The van der Waals surface area contributed by atoms with Crippen LogP contribution in [0.4, 0.5) is 5.69 Å². The minimum atomic E-state index is 0.450. The average molecular weight is 203 g/mol. The molecule has 0 amide bonds. The fourth-order valence-corrected chi connectivity index (χ4v) is 1.96. The van der Waals surface area contributed by atoms with Gasteiger partial charge in [0, 0.05) is 30.4 Å². The smallest absolute Gasteiger partial charge is 0.157 e. The van der Waals surface area contributed by atoms with Crippen molar-refractivity contribution in [2.75, 3.05) is 18.8 Å². The second kappa shape index (κ2) is 3.20. The summed E-state index contributed by atoms with van der Waals surface area (Å²) in [5, 5.41) is 7.76. The minimum Gasteiger partial charge on any atom is -0.399 e. The van der Waals surface area contributed by atoms with E-state index < -0.39 is 0 Å². The zero-order valence-corrected chi connectivity index (χ0v) is 8.35. The van der Waals surface area contributed by atoms with Gasteiger partial charge in [0.05, 0.1) is 0 Å². The van der Waals surface area contributed by atoms with E-state index in [0.29, 0.717) is 5.92 Å². The third-order valence-electron chi connectivity index (χ3n) is 2.80. The number of nitrogens with two attached hydrogens (primary N) is 1. The molecule has 0 spiro atoms. The van der Waals surface area contributed by atoms with Gasteiger partial charge < -0.3 is 11.1 Å². The Balaban J connectivity index is 2.05. The van der Waals surface area contributed by atoms with E-state index in [0.717, 1.165) is 36.7 Å². The zero-order valence-electron chi connectivity index (χ0n) is 8.35. The Bertz CT molecular complexity index is 484. The summed E-state index contributed by atoms with van der Waals surface area (Å²) < 4.78 is 1.78. The minimum absolute atomic E-state index is 0.450. The van der Waals surface area contributed by atoms with Crippen molar-refractivity contribution in [1.29, 1.82) is 0 Å². The number of fused-ring (bicyclic) bond motifs is 1. The Morgan fingerprint density at radius 3 is 3.27 bits per heavy atom. The van der Waals surface area contributed by atoms with Crippen molar-refractivity contribution in [2.24, 2.45) is 0 Å². The summed E-state index contributed by atoms with van der Waals surface area (Å²) >= 11 is 0. The molecule has 3 rings (SSSR count). The summed E-state index contributed by atoms with van der Waals surface area (Å²) in [5.41, 5.74) is 7.25. The van der Waals surface area contributed by atoms with Gasteiger partial charge in [0.25, 0.3) is 0 Å². The molecule has 0 saturated carbocycles. The highest BCUT2D eigenvalue weighted by Gasteiger charge is 2.20. The van der Waals surface area contributed by atoms with Gasteiger partial charge in [-0.15, -0.1) is 0 Å². The van der Waals surface area contributed by atoms with Crippen molar-refractivity contribution in [3.8, 4) is 0 Å². The monoisotopic (exact) mass is 203 g/mol. The maximum absolute atomic E-state index is 5.69. The number of anilines is 1. The molecule has 3 heterocycles. The van der Waals surface area contributed by atoms with Gasteiger partial charge >= 0.3 is 0 Å². The molecular formula is C10H13N5. The van der Waals surface area contributed by atoms with Gasteiger partial charge in [0.15, 0.2) is 11.5 Å². The van der Waals surface area contributed by atoms with E-state index in [-0.39, 0.29) is 0 Å². The van der Waals surface area contributed by atoms with Crippen LogP contribution in [0.2, 0.25) is 0 Å². The lowest BCUT2D eigenvalue weighted by molar-refractivity contribution is 0.698. The molecule has 2 aromatic heterocycles. The Morgan fingerprint density at radius 2 is 2.47 bits per heavy atom. The van der Waals surface area contributed by atoms with E-state index in [9.17, 15) is 0 Å². The molecule has 3 N–H and O–H groups in total. The first-order valence-electron chi connectivity index (χ1n) is 5.15. The average Bonchev–Trinajstić information content (AvgIpc) is 2.84. The van der Waals surface area contributed by atoms with Gasteiger partial charge in [0.2, 0.25) is 0 Å². The largest absolute Gasteiger partial charge is 0.399 e. The van der Waals surface area contributed by atoms with Crippen molar-refractivity contribution < 1.29 is 0 Å². The predicted octanol–water partition coefficient (Wildman–Crippen LogP) is 0.388. The van der Waals surface area contributed by atoms with Crippen molar-refractivity contribution in [3.05, 3.63) is 24.2 Å².